The van der Waals surface area contributed by atoms with Crippen molar-refractivity contribution >= 4 is 0 Å². The summed E-state index contributed by atoms with van der Waals surface area (Å²) in [5.74, 6) is 0.862. The molecule has 2 unspecified atom stereocenters. The van der Waals surface area contributed by atoms with E-state index in [4.69, 9.17) is 15.2 Å². The van der Waals surface area contributed by atoms with Crippen LogP contribution in [0.1, 0.15) is 57.6 Å². The van der Waals surface area contributed by atoms with Gasteiger partial charge in [0.25, 0.3) is 0 Å². The number of rotatable bonds is 10. The van der Waals surface area contributed by atoms with Crippen LogP contribution < -0.4 is 10.5 Å². The lowest BCUT2D eigenvalue weighted by Gasteiger charge is -2.24. The maximum atomic E-state index is 6.20. The first-order chi connectivity index (χ1) is 9.72. The lowest BCUT2D eigenvalue weighted by Crippen LogP contribution is -2.29. The van der Waals surface area contributed by atoms with Crippen LogP contribution in [0.4, 0.5) is 0 Å². The maximum absolute atomic E-state index is 6.20. The first kappa shape index (κ1) is 17.0. The molecular weight excluding hydrogens is 250 g/mol. The molecule has 1 aromatic rings. The standard InChI is InChI=1S/C17H29NO2/c1-4-6-7-8-13-20-17(16(18)5-2)14-9-11-15(19-3)12-10-14/h9-12,16-17H,4-8,13,18H2,1-3H3. The van der Waals surface area contributed by atoms with E-state index in [0.29, 0.717) is 0 Å². The van der Waals surface area contributed by atoms with Crippen LogP contribution in [0.3, 0.4) is 0 Å². The van der Waals surface area contributed by atoms with Crippen molar-refractivity contribution in [3.8, 4) is 5.75 Å². The Labute approximate surface area is 123 Å². The molecule has 0 radical (unpaired) electrons. The average Bonchev–Trinajstić information content (AvgIpc) is 2.50. The van der Waals surface area contributed by atoms with Gasteiger partial charge >= 0.3 is 0 Å². The van der Waals surface area contributed by atoms with Gasteiger partial charge in [0.1, 0.15) is 5.75 Å². The van der Waals surface area contributed by atoms with Crippen molar-refractivity contribution in [3.05, 3.63) is 29.8 Å². The smallest absolute Gasteiger partial charge is 0.118 e. The van der Waals surface area contributed by atoms with Gasteiger partial charge in [-0.05, 0) is 30.5 Å². The Hall–Kier alpha value is -1.06. The van der Waals surface area contributed by atoms with Gasteiger partial charge in [-0.25, -0.2) is 0 Å². The van der Waals surface area contributed by atoms with Crippen LogP contribution in [0, 0.1) is 0 Å². The van der Waals surface area contributed by atoms with Gasteiger partial charge in [0.15, 0.2) is 0 Å². The molecule has 0 heterocycles. The first-order valence-electron chi connectivity index (χ1n) is 7.74. The molecule has 0 aliphatic carbocycles. The van der Waals surface area contributed by atoms with E-state index in [0.717, 1.165) is 30.8 Å². The third-order valence-corrected chi connectivity index (χ3v) is 3.60. The maximum Gasteiger partial charge on any atom is 0.118 e. The molecule has 0 saturated carbocycles. The Morgan fingerprint density at radius 3 is 2.30 bits per heavy atom. The van der Waals surface area contributed by atoms with E-state index in [1.807, 2.05) is 24.3 Å². The second kappa shape index (κ2) is 9.78. The summed E-state index contributed by atoms with van der Waals surface area (Å²) in [5.41, 5.74) is 7.34. The van der Waals surface area contributed by atoms with Gasteiger partial charge in [-0.3, -0.25) is 0 Å². The molecule has 2 N–H and O–H groups in total. The van der Waals surface area contributed by atoms with E-state index in [-0.39, 0.29) is 12.1 Å². The molecule has 2 atom stereocenters. The third-order valence-electron chi connectivity index (χ3n) is 3.60. The summed E-state index contributed by atoms with van der Waals surface area (Å²) in [6.07, 6.45) is 5.75. The van der Waals surface area contributed by atoms with E-state index in [1.165, 1.54) is 19.3 Å². The summed E-state index contributed by atoms with van der Waals surface area (Å²) < 4.78 is 11.2. The van der Waals surface area contributed by atoms with Gasteiger partial charge < -0.3 is 15.2 Å². The second-order valence-electron chi connectivity index (χ2n) is 5.20. The van der Waals surface area contributed by atoms with Crippen LogP contribution in [0.2, 0.25) is 0 Å². The van der Waals surface area contributed by atoms with Gasteiger partial charge in [-0.2, -0.15) is 0 Å². The summed E-state index contributed by atoms with van der Waals surface area (Å²) in [7, 11) is 1.68. The van der Waals surface area contributed by atoms with E-state index in [2.05, 4.69) is 13.8 Å². The summed E-state index contributed by atoms with van der Waals surface area (Å²) in [5, 5.41) is 0. The fourth-order valence-corrected chi connectivity index (χ4v) is 2.21. The van der Waals surface area contributed by atoms with Crippen molar-refractivity contribution in [3.63, 3.8) is 0 Å². The van der Waals surface area contributed by atoms with Crippen molar-refractivity contribution in [1.82, 2.24) is 0 Å². The summed E-state index contributed by atoms with van der Waals surface area (Å²) in [6, 6.07) is 8.06. The zero-order valence-electron chi connectivity index (χ0n) is 13.1. The van der Waals surface area contributed by atoms with Crippen LogP contribution >= 0.6 is 0 Å². The molecule has 0 aliphatic rings. The SMILES string of the molecule is CCCCCCOC(c1ccc(OC)cc1)C(N)CC. The molecule has 0 saturated heterocycles. The minimum absolute atomic E-state index is 0.0208. The number of unbranched alkanes of at least 4 members (excludes halogenated alkanes) is 3. The molecule has 0 aromatic heterocycles. The average molecular weight is 279 g/mol. The first-order valence-corrected chi connectivity index (χ1v) is 7.74. The number of methoxy groups -OCH3 is 1. The van der Waals surface area contributed by atoms with Crippen molar-refractivity contribution in [2.24, 2.45) is 5.73 Å². The van der Waals surface area contributed by atoms with Crippen molar-refractivity contribution in [2.75, 3.05) is 13.7 Å². The number of ether oxygens (including phenoxy) is 2. The Balaban J connectivity index is 2.58. The summed E-state index contributed by atoms with van der Waals surface area (Å²) in [4.78, 5) is 0. The lowest BCUT2D eigenvalue weighted by molar-refractivity contribution is 0.0311. The topological polar surface area (TPSA) is 44.5 Å². The largest absolute Gasteiger partial charge is 0.497 e. The quantitative estimate of drug-likeness (QED) is 0.657. The minimum Gasteiger partial charge on any atom is -0.497 e. The molecule has 20 heavy (non-hydrogen) atoms. The highest BCUT2D eigenvalue weighted by Gasteiger charge is 2.19. The Morgan fingerprint density at radius 1 is 1.05 bits per heavy atom. The van der Waals surface area contributed by atoms with Gasteiger partial charge in [0.2, 0.25) is 0 Å². The van der Waals surface area contributed by atoms with Gasteiger partial charge in [-0.15, -0.1) is 0 Å². The molecule has 0 spiro atoms. The summed E-state index contributed by atoms with van der Waals surface area (Å²) >= 11 is 0. The Bertz CT molecular complexity index is 351. The highest BCUT2D eigenvalue weighted by atomic mass is 16.5. The van der Waals surface area contributed by atoms with Crippen molar-refractivity contribution in [2.45, 2.75) is 58.1 Å². The molecule has 0 fully saturated rings. The minimum atomic E-state index is -0.0208. The van der Waals surface area contributed by atoms with Crippen LogP contribution in [-0.4, -0.2) is 19.8 Å². The highest BCUT2D eigenvalue weighted by molar-refractivity contribution is 5.29. The van der Waals surface area contributed by atoms with Gasteiger partial charge in [0.05, 0.1) is 13.2 Å². The molecule has 1 rings (SSSR count). The molecular formula is C17H29NO2. The molecule has 1 aromatic carbocycles. The summed E-state index contributed by atoms with van der Waals surface area (Å²) in [6.45, 7) is 5.10. The molecule has 0 amide bonds. The monoisotopic (exact) mass is 279 g/mol. The Kier molecular flexibility index (Phi) is 8.31. The van der Waals surface area contributed by atoms with Crippen LogP contribution in [0.25, 0.3) is 0 Å². The molecule has 0 bridgehead atoms. The van der Waals surface area contributed by atoms with Crippen molar-refractivity contribution < 1.29 is 9.47 Å². The third kappa shape index (κ3) is 5.51. The number of benzene rings is 1. The van der Waals surface area contributed by atoms with E-state index < -0.39 is 0 Å². The van der Waals surface area contributed by atoms with Crippen LogP contribution in [-0.2, 0) is 4.74 Å². The predicted octanol–water partition coefficient (Wildman–Crippen LogP) is 4.07. The number of nitrogens with two attached hydrogens (primary N) is 1. The van der Waals surface area contributed by atoms with Crippen molar-refractivity contribution in [1.29, 1.82) is 0 Å². The Morgan fingerprint density at radius 2 is 1.75 bits per heavy atom. The van der Waals surface area contributed by atoms with E-state index >= 15 is 0 Å². The van der Waals surface area contributed by atoms with Crippen LogP contribution in [0.5, 0.6) is 5.75 Å². The van der Waals surface area contributed by atoms with Gasteiger partial charge in [0, 0.05) is 12.6 Å². The zero-order valence-corrected chi connectivity index (χ0v) is 13.1. The zero-order chi connectivity index (χ0) is 14.8. The second-order valence-corrected chi connectivity index (χ2v) is 5.20. The number of hydrogen-bond donors (Lipinski definition) is 1. The van der Waals surface area contributed by atoms with E-state index in [1.54, 1.807) is 7.11 Å². The van der Waals surface area contributed by atoms with Crippen LogP contribution in [0.15, 0.2) is 24.3 Å². The molecule has 114 valence electrons. The van der Waals surface area contributed by atoms with E-state index in [9.17, 15) is 0 Å². The van der Waals surface area contributed by atoms with Gasteiger partial charge in [-0.1, -0.05) is 45.2 Å². The lowest BCUT2D eigenvalue weighted by atomic mass is 10.0. The number of hydrogen-bond acceptors (Lipinski definition) is 3. The molecule has 0 aliphatic heterocycles. The normalized spacial score (nSPS) is 14.0. The molecule has 3 nitrogen and oxygen atoms in total. The predicted molar refractivity (Wildman–Crippen MR) is 84.1 cm³/mol. The fraction of sp³-hybridized carbons (Fsp3) is 0.647. The molecule has 3 heteroatoms. The fourth-order valence-electron chi connectivity index (χ4n) is 2.21. The highest BCUT2D eigenvalue weighted by Crippen LogP contribution is 2.24.